The summed E-state index contributed by atoms with van der Waals surface area (Å²) in [5.41, 5.74) is -0.131. The van der Waals surface area contributed by atoms with Crippen LogP contribution in [-0.2, 0) is 14.3 Å². The summed E-state index contributed by atoms with van der Waals surface area (Å²) in [6.07, 6.45) is 14.7. The van der Waals surface area contributed by atoms with Gasteiger partial charge in [-0.25, -0.2) is 0 Å². The summed E-state index contributed by atoms with van der Waals surface area (Å²) in [6.45, 7) is 0.447. The number of quaternary nitrogens is 1. The Labute approximate surface area is 175 Å². The van der Waals surface area contributed by atoms with Gasteiger partial charge in [-0.05, 0) is 32.1 Å². The van der Waals surface area contributed by atoms with Crippen LogP contribution in [0.4, 0.5) is 0 Å². The maximum Gasteiger partial charge on any atom is 0.306 e. The molecule has 29 heavy (non-hydrogen) atoms. The van der Waals surface area contributed by atoms with E-state index in [9.17, 15) is 14.7 Å². The quantitative estimate of drug-likeness (QED) is 0.160. The molecule has 7 nitrogen and oxygen atoms in total. The van der Waals surface area contributed by atoms with Gasteiger partial charge in [0.1, 0.15) is 6.54 Å². The first-order valence-electron chi connectivity index (χ1n) is 10.7. The Morgan fingerprint density at radius 3 is 2.17 bits per heavy atom. The average Bonchev–Trinajstić information content (AvgIpc) is 3.35. The number of ether oxygens (including phenoxy) is 1. The lowest BCUT2D eigenvalue weighted by Gasteiger charge is -2.29. The highest BCUT2D eigenvalue weighted by molar-refractivity contribution is 5.70. The molecule has 1 heterocycles. The third kappa shape index (κ3) is 13.0. The molecule has 1 aliphatic rings. The second-order valence-electron chi connectivity index (χ2n) is 9.02. The van der Waals surface area contributed by atoms with Crippen LogP contribution in [-0.4, -0.2) is 55.9 Å². The van der Waals surface area contributed by atoms with E-state index in [1.54, 1.807) is 0 Å². The molecule has 0 amide bonds. The normalized spacial score (nSPS) is 15.5. The third-order valence-corrected chi connectivity index (χ3v) is 4.93. The molecule has 0 saturated heterocycles. The summed E-state index contributed by atoms with van der Waals surface area (Å²) in [6, 6.07) is 0. The van der Waals surface area contributed by atoms with Crippen molar-refractivity contribution in [3.8, 4) is 12.3 Å². The fraction of sp³-hybridized carbons (Fsp3) is 0.818. The minimum atomic E-state index is -1.19. The fourth-order valence-corrected chi connectivity index (χ4v) is 3.44. The minimum Gasteiger partial charge on any atom is -0.550 e. The summed E-state index contributed by atoms with van der Waals surface area (Å²) in [7, 11) is 5.79. The number of aliphatic carboxylic acids is 1. The van der Waals surface area contributed by atoms with E-state index in [0.29, 0.717) is 17.4 Å². The van der Waals surface area contributed by atoms with E-state index in [1.165, 1.54) is 0 Å². The zero-order chi connectivity index (χ0) is 21.8. The Kier molecular flexibility index (Phi) is 10.9. The third-order valence-electron chi connectivity index (χ3n) is 4.93. The Balaban J connectivity index is 2.06. The van der Waals surface area contributed by atoms with Gasteiger partial charge in [-0.2, -0.15) is 10.2 Å². The highest BCUT2D eigenvalue weighted by Crippen LogP contribution is 2.38. The van der Waals surface area contributed by atoms with Gasteiger partial charge in [-0.15, -0.1) is 12.3 Å². The molecular formula is C22H37N3O4. The van der Waals surface area contributed by atoms with Crippen LogP contribution < -0.4 is 5.11 Å². The van der Waals surface area contributed by atoms with E-state index < -0.39 is 12.1 Å². The van der Waals surface area contributed by atoms with E-state index in [-0.39, 0.29) is 18.1 Å². The van der Waals surface area contributed by atoms with Gasteiger partial charge in [-0.3, -0.25) is 4.79 Å². The Hall–Kier alpha value is -1.94. The number of hydrogen-bond donors (Lipinski definition) is 0. The average molecular weight is 408 g/mol. The number of esters is 1. The number of hydrogen-bond acceptors (Lipinski definition) is 6. The van der Waals surface area contributed by atoms with Crippen LogP contribution in [0.3, 0.4) is 0 Å². The monoisotopic (exact) mass is 407 g/mol. The number of likely N-dealkylation sites (N-methyl/N-ethyl adjacent to an activating group) is 1. The van der Waals surface area contributed by atoms with Gasteiger partial charge < -0.3 is 19.1 Å². The van der Waals surface area contributed by atoms with Crippen molar-refractivity contribution < 1.29 is 23.9 Å². The first-order chi connectivity index (χ1) is 13.7. The van der Waals surface area contributed by atoms with Crippen LogP contribution in [0.5, 0.6) is 0 Å². The van der Waals surface area contributed by atoms with E-state index in [4.69, 9.17) is 11.2 Å². The van der Waals surface area contributed by atoms with Crippen molar-refractivity contribution in [2.24, 2.45) is 10.2 Å². The van der Waals surface area contributed by atoms with Crippen LogP contribution >= 0.6 is 0 Å². The summed E-state index contributed by atoms with van der Waals surface area (Å²) in [4.78, 5) is 22.9. The Morgan fingerprint density at radius 1 is 1.03 bits per heavy atom. The van der Waals surface area contributed by atoms with Crippen LogP contribution in [0.2, 0.25) is 0 Å². The van der Waals surface area contributed by atoms with Crippen molar-refractivity contribution in [3.63, 3.8) is 0 Å². The van der Waals surface area contributed by atoms with Gasteiger partial charge in [0.15, 0.2) is 11.8 Å². The van der Waals surface area contributed by atoms with Crippen molar-refractivity contribution in [1.29, 1.82) is 0 Å². The van der Waals surface area contributed by atoms with Crippen LogP contribution in [0.25, 0.3) is 0 Å². The number of terminal acetylenes is 1. The second kappa shape index (κ2) is 12.6. The Morgan fingerprint density at radius 2 is 1.62 bits per heavy atom. The topological polar surface area (TPSA) is 91.2 Å². The van der Waals surface area contributed by atoms with E-state index in [1.807, 2.05) is 21.1 Å². The number of carboxylic acids is 1. The molecule has 0 saturated carbocycles. The second-order valence-corrected chi connectivity index (χ2v) is 9.02. The maximum absolute atomic E-state index is 12.0. The molecule has 1 rings (SSSR count). The SMILES string of the molecule is C#CCCCC1(CCCCCCCCC(=O)O[C@H](CC(=O)[O-])C[N+](C)(C)C)N=N1. The first kappa shape index (κ1) is 25.1. The molecule has 0 unspecified atom stereocenters. The summed E-state index contributed by atoms with van der Waals surface area (Å²) >= 11 is 0. The number of carbonyl (C=O) groups excluding carboxylic acids is 2. The summed E-state index contributed by atoms with van der Waals surface area (Å²) in [5.74, 6) is 1.14. The van der Waals surface area contributed by atoms with Gasteiger partial charge in [0.05, 0.1) is 21.1 Å². The van der Waals surface area contributed by atoms with Gasteiger partial charge in [0, 0.05) is 25.2 Å². The molecule has 0 aromatic heterocycles. The maximum atomic E-state index is 12.0. The van der Waals surface area contributed by atoms with Gasteiger partial charge in [0.25, 0.3) is 0 Å². The van der Waals surface area contributed by atoms with Crippen molar-refractivity contribution in [2.45, 2.75) is 88.8 Å². The number of unbranched alkanes of at least 4 members (excludes halogenated alkanes) is 6. The molecule has 0 spiro atoms. The number of carbonyl (C=O) groups is 2. The lowest BCUT2D eigenvalue weighted by atomic mass is 9.98. The Bertz CT molecular complexity index is 584. The molecule has 0 bridgehead atoms. The molecule has 0 aromatic carbocycles. The molecule has 0 radical (unpaired) electrons. The van der Waals surface area contributed by atoms with Crippen molar-refractivity contribution in [2.75, 3.05) is 27.7 Å². The molecule has 0 fully saturated rings. The smallest absolute Gasteiger partial charge is 0.306 e. The number of nitrogens with zero attached hydrogens (tertiary/aromatic N) is 3. The highest BCUT2D eigenvalue weighted by Gasteiger charge is 2.38. The lowest BCUT2D eigenvalue weighted by Crippen LogP contribution is -2.45. The predicted molar refractivity (Wildman–Crippen MR) is 110 cm³/mol. The summed E-state index contributed by atoms with van der Waals surface area (Å²) < 4.78 is 5.88. The molecule has 0 aromatic rings. The molecule has 164 valence electrons. The van der Waals surface area contributed by atoms with Crippen LogP contribution in [0.1, 0.15) is 77.0 Å². The lowest BCUT2D eigenvalue weighted by molar-refractivity contribution is -0.873. The molecule has 1 aliphatic heterocycles. The fourth-order valence-electron chi connectivity index (χ4n) is 3.44. The predicted octanol–water partition coefficient (Wildman–Crippen LogP) is 2.83. The number of rotatable bonds is 17. The molecule has 0 aliphatic carbocycles. The zero-order valence-electron chi connectivity index (χ0n) is 18.3. The van der Waals surface area contributed by atoms with E-state index in [2.05, 4.69) is 16.1 Å². The zero-order valence-corrected chi connectivity index (χ0v) is 18.3. The first-order valence-corrected chi connectivity index (χ1v) is 10.7. The van der Waals surface area contributed by atoms with Gasteiger partial charge in [-0.1, -0.05) is 25.7 Å². The van der Waals surface area contributed by atoms with E-state index >= 15 is 0 Å². The standard InChI is InChI=1S/C22H37N3O4/c1-5-6-12-15-22(23-24-22)16-13-10-8-7-9-11-14-21(28)29-19(17-20(26)27)18-25(2,3)4/h1,19H,6-18H2,2-4H3/t19-/m1/s1. The largest absolute Gasteiger partial charge is 0.550 e. The number of carboxylic acid groups (broad SMARTS) is 1. The van der Waals surface area contributed by atoms with E-state index in [0.717, 1.165) is 64.2 Å². The van der Waals surface area contributed by atoms with Crippen LogP contribution in [0.15, 0.2) is 10.2 Å². The van der Waals surface area contributed by atoms with Gasteiger partial charge in [0.2, 0.25) is 0 Å². The molecular weight excluding hydrogens is 370 g/mol. The highest BCUT2D eigenvalue weighted by atomic mass is 16.5. The minimum absolute atomic E-state index is 0.131. The van der Waals surface area contributed by atoms with Crippen molar-refractivity contribution in [3.05, 3.63) is 0 Å². The summed E-state index contributed by atoms with van der Waals surface area (Å²) in [5, 5.41) is 19.3. The van der Waals surface area contributed by atoms with Gasteiger partial charge >= 0.3 is 5.97 Å². The molecule has 1 atom stereocenters. The van der Waals surface area contributed by atoms with Crippen molar-refractivity contribution in [1.82, 2.24) is 0 Å². The van der Waals surface area contributed by atoms with Crippen molar-refractivity contribution >= 4 is 11.9 Å². The molecule has 0 N–H and O–H groups in total. The van der Waals surface area contributed by atoms with Crippen LogP contribution in [0, 0.1) is 12.3 Å². The molecule has 7 heteroatoms.